The van der Waals surface area contributed by atoms with Gasteiger partial charge >= 0.3 is 5.97 Å². The van der Waals surface area contributed by atoms with E-state index in [1.807, 2.05) is 24.5 Å². The summed E-state index contributed by atoms with van der Waals surface area (Å²) in [5.41, 5.74) is 1.63. The molecule has 1 aromatic heterocycles. The number of ether oxygens (including phenoxy) is 3. The lowest BCUT2D eigenvalue weighted by Gasteiger charge is -2.19. The zero-order chi connectivity index (χ0) is 17.8. The van der Waals surface area contributed by atoms with E-state index in [-0.39, 0.29) is 6.61 Å². The Balaban J connectivity index is 1.97. The Hall–Kier alpha value is -2.48. The predicted octanol–water partition coefficient (Wildman–Crippen LogP) is 3.20. The molecular formula is C17H19N3O4S. The second kappa shape index (κ2) is 7.60. The van der Waals surface area contributed by atoms with Gasteiger partial charge in [0.05, 0.1) is 12.3 Å². The second-order valence-electron chi connectivity index (χ2n) is 5.22. The van der Waals surface area contributed by atoms with Gasteiger partial charge in [-0.25, -0.2) is 14.8 Å². The minimum Gasteiger partial charge on any atom is -0.486 e. The molecule has 1 N–H and O–H groups in total. The van der Waals surface area contributed by atoms with Gasteiger partial charge in [0.25, 0.3) is 0 Å². The summed E-state index contributed by atoms with van der Waals surface area (Å²) in [4.78, 5) is 21.1. The first-order chi connectivity index (χ1) is 12.1. The molecular weight excluding hydrogens is 342 g/mol. The first-order valence-corrected chi connectivity index (χ1v) is 9.11. The maximum absolute atomic E-state index is 12.3. The lowest BCUT2D eigenvalue weighted by atomic mass is 10.2. The molecule has 132 valence electrons. The van der Waals surface area contributed by atoms with E-state index in [1.165, 1.54) is 11.8 Å². The molecule has 0 amide bonds. The van der Waals surface area contributed by atoms with Crippen LogP contribution >= 0.6 is 11.8 Å². The van der Waals surface area contributed by atoms with E-state index < -0.39 is 5.97 Å². The number of benzene rings is 1. The number of aromatic nitrogens is 2. The topological polar surface area (TPSA) is 82.6 Å². The van der Waals surface area contributed by atoms with Gasteiger partial charge in [-0.15, -0.1) is 0 Å². The highest BCUT2D eigenvalue weighted by atomic mass is 32.2. The number of rotatable bonds is 5. The lowest BCUT2D eigenvalue weighted by molar-refractivity contribution is 0.0525. The van der Waals surface area contributed by atoms with E-state index in [0.29, 0.717) is 46.9 Å². The summed E-state index contributed by atoms with van der Waals surface area (Å²) in [5.74, 6) is 1.32. The van der Waals surface area contributed by atoms with Crippen LogP contribution < -0.4 is 14.8 Å². The van der Waals surface area contributed by atoms with E-state index in [2.05, 4.69) is 15.3 Å². The molecule has 0 unspecified atom stereocenters. The molecule has 0 bridgehead atoms. The minimum atomic E-state index is -0.451. The molecule has 0 spiro atoms. The monoisotopic (exact) mass is 361 g/mol. The van der Waals surface area contributed by atoms with Crippen molar-refractivity contribution in [1.82, 2.24) is 9.97 Å². The predicted molar refractivity (Wildman–Crippen MR) is 95.2 cm³/mol. The van der Waals surface area contributed by atoms with Crippen LogP contribution in [0.4, 0.5) is 11.5 Å². The fourth-order valence-corrected chi connectivity index (χ4v) is 2.85. The van der Waals surface area contributed by atoms with Gasteiger partial charge in [-0.2, -0.15) is 0 Å². The summed E-state index contributed by atoms with van der Waals surface area (Å²) < 4.78 is 16.3. The van der Waals surface area contributed by atoms with Crippen molar-refractivity contribution < 1.29 is 19.0 Å². The Kier molecular flexibility index (Phi) is 5.28. The number of aryl methyl sites for hydroxylation is 1. The highest BCUT2D eigenvalue weighted by Crippen LogP contribution is 2.34. The first-order valence-electron chi connectivity index (χ1n) is 7.88. The SMILES string of the molecule is CCOC(=O)c1c(C)nc(SC)nc1Nc1ccc2c(c1)OCCO2. The number of carbonyl (C=O) groups excluding carboxylic acids is 1. The number of hydrogen-bond acceptors (Lipinski definition) is 8. The van der Waals surface area contributed by atoms with Crippen LogP contribution in [0, 0.1) is 6.92 Å². The van der Waals surface area contributed by atoms with Crippen LogP contribution in [0.3, 0.4) is 0 Å². The van der Waals surface area contributed by atoms with Gasteiger partial charge in [0.2, 0.25) is 0 Å². The Morgan fingerprint density at radius 1 is 1.28 bits per heavy atom. The largest absolute Gasteiger partial charge is 0.486 e. The fraction of sp³-hybridized carbons (Fsp3) is 0.353. The standard InChI is InChI=1S/C17H19N3O4S/c1-4-22-16(21)14-10(2)18-17(25-3)20-15(14)19-11-5-6-12-13(9-11)24-8-7-23-12/h5-6,9H,4,7-8H2,1-3H3,(H,18,19,20). The fourth-order valence-electron chi connectivity index (χ4n) is 2.43. The average Bonchev–Trinajstić information content (AvgIpc) is 2.61. The average molecular weight is 361 g/mol. The molecule has 0 radical (unpaired) electrons. The molecule has 0 fully saturated rings. The van der Waals surface area contributed by atoms with Crippen LogP contribution in [-0.4, -0.2) is 42.0 Å². The van der Waals surface area contributed by atoms with Gasteiger partial charge in [-0.05, 0) is 32.2 Å². The van der Waals surface area contributed by atoms with E-state index in [0.717, 1.165) is 5.69 Å². The number of hydrogen-bond donors (Lipinski definition) is 1. The van der Waals surface area contributed by atoms with Crippen LogP contribution in [0.5, 0.6) is 11.5 Å². The zero-order valence-electron chi connectivity index (χ0n) is 14.3. The molecule has 7 nitrogen and oxygen atoms in total. The van der Waals surface area contributed by atoms with Crippen molar-refractivity contribution >= 4 is 29.2 Å². The van der Waals surface area contributed by atoms with Gasteiger partial charge < -0.3 is 19.5 Å². The maximum atomic E-state index is 12.3. The summed E-state index contributed by atoms with van der Waals surface area (Å²) in [6.45, 7) is 4.86. The number of esters is 1. The normalized spacial score (nSPS) is 12.6. The van der Waals surface area contributed by atoms with Gasteiger partial charge in [-0.1, -0.05) is 11.8 Å². The number of nitrogens with zero attached hydrogens (tertiary/aromatic N) is 2. The Bertz CT molecular complexity index is 798. The van der Waals surface area contributed by atoms with Crippen LogP contribution in [0.1, 0.15) is 23.0 Å². The third-order valence-electron chi connectivity index (χ3n) is 3.54. The van der Waals surface area contributed by atoms with Crippen molar-refractivity contribution in [2.45, 2.75) is 19.0 Å². The van der Waals surface area contributed by atoms with E-state index in [4.69, 9.17) is 14.2 Å². The zero-order valence-corrected chi connectivity index (χ0v) is 15.1. The summed E-state index contributed by atoms with van der Waals surface area (Å²) in [5, 5.41) is 3.75. The third-order valence-corrected chi connectivity index (χ3v) is 4.08. The molecule has 2 heterocycles. The van der Waals surface area contributed by atoms with Gasteiger partial charge in [-0.3, -0.25) is 0 Å². The molecule has 0 aliphatic carbocycles. The lowest BCUT2D eigenvalue weighted by Crippen LogP contribution is -2.16. The summed E-state index contributed by atoms with van der Waals surface area (Å²) >= 11 is 1.41. The van der Waals surface area contributed by atoms with Crippen molar-refractivity contribution in [1.29, 1.82) is 0 Å². The Morgan fingerprint density at radius 2 is 2.04 bits per heavy atom. The number of anilines is 2. The Labute approximate surface area is 150 Å². The molecule has 0 saturated heterocycles. The van der Waals surface area contributed by atoms with Crippen LogP contribution in [0.15, 0.2) is 23.4 Å². The van der Waals surface area contributed by atoms with Crippen LogP contribution in [0.2, 0.25) is 0 Å². The molecule has 1 aliphatic heterocycles. The summed E-state index contributed by atoms with van der Waals surface area (Å²) in [7, 11) is 0. The van der Waals surface area contributed by atoms with Gasteiger partial charge in [0.1, 0.15) is 24.6 Å². The van der Waals surface area contributed by atoms with E-state index in [1.54, 1.807) is 13.8 Å². The van der Waals surface area contributed by atoms with Crippen molar-refractivity contribution in [2.24, 2.45) is 0 Å². The minimum absolute atomic E-state index is 0.284. The smallest absolute Gasteiger partial charge is 0.343 e. The van der Waals surface area contributed by atoms with Crippen LogP contribution in [0.25, 0.3) is 0 Å². The molecule has 1 aromatic carbocycles. The van der Waals surface area contributed by atoms with E-state index in [9.17, 15) is 4.79 Å². The van der Waals surface area contributed by atoms with Crippen molar-refractivity contribution in [3.63, 3.8) is 0 Å². The highest BCUT2D eigenvalue weighted by Gasteiger charge is 2.21. The first kappa shape index (κ1) is 17.3. The van der Waals surface area contributed by atoms with Crippen LogP contribution in [-0.2, 0) is 4.74 Å². The molecule has 3 rings (SSSR count). The molecule has 0 saturated carbocycles. The third kappa shape index (κ3) is 3.79. The summed E-state index contributed by atoms with van der Waals surface area (Å²) in [6.07, 6.45) is 1.88. The van der Waals surface area contributed by atoms with Gasteiger partial charge in [0, 0.05) is 11.8 Å². The molecule has 1 aliphatic rings. The maximum Gasteiger partial charge on any atom is 0.343 e. The molecule has 0 atom stereocenters. The number of thioether (sulfide) groups is 1. The second-order valence-corrected chi connectivity index (χ2v) is 6.00. The number of nitrogens with one attached hydrogen (secondary N) is 1. The van der Waals surface area contributed by atoms with E-state index >= 15 is 0 Å². The number of fused-ring (bicyclic) bond motifs is 1. The number of carbonyl (C=O) groups is 1. The quantitative estimate of drug-likeness (QED) is 0.494. The molecule has 2 aromatic rings. The van der Waals surface area contributed by atoms with Gasteiger partial charge in [0.15, 0.2) is 16.7 Å². The molecule has 25 heavy (non-hydrogen) atoms. The van der Waals surface area contributed by atoms with Crippen molar-refractivity contribution in [3.8, 4) is 11.5 Å². The van der Waals surface area contributed by atoms with Crippen molar-refractivity contribution in [3.05, 3.63) is 29.5 Å². The summed E-state index contributed by atoms with van der Waals surface area (Å²) in [6, 6.07) is 5.49. The van der Waals surface area contributed by atoms with Crippen molar-refractivity contribution in [2.75, 3.05) is 31.4 Å². The molecule has 8 heteroatoms. The highest BCUT2D eigenvalue weighted by molar-refractivity contribution is 7.98. The Morgan fingerprint density at radius 3 is 2.76 bits per heavy atom.